The summed E-state index contributed by atoms with van der Waals surface area (Å²) in [5.74, 6) is -2.19. The highest BCUT2D eigenvalue weighted by Gasteiger charge is 2.13. The van der Waals surface area contributed by atoms with E-state index in [1.54, 1.807) is 0 Å². The van der Waals surface area contributed by atoms with Crippen LogP contribution in [0.3, 0.4) is 0 Å². The Bertz CT molecular complexity index is 909. The van der Waals surface area contributed by atoms with E-state index >= 15 is 0 Å². The molecule has 0 unspecified atom stereocenters. The summed E-state index contributed by atoms with van der Waals surface area (Å²) in [7, 11) is 0. The first-order valence-corrected chi connectivity index (χ1v) is 7.46. The fraction of sp³-hybridized carbons (Fsp3) is 0.111. The van der Waals surface area contributed by atoms with Crippen molar-refractivity contribution in [3.63, 3.8) is 0 Å². The van der Waals surface area contributed by atoms with Crippen LogP contribution in [-0.4, -0.2) is 17.7 Å². The zero-order valence-electron chi connectivity index (χ0n) is 13.2. The van der Waals surface area contributed by atoms with Crippen molar-refractivity contribution in [3.05, 3.63) is 71.7 Å². The Morgan fingerprint density at radius 1 is 1.00 bits per heavy atom. The zero-order chi connectivity index (χ0) is 18.5. The van der Waals surface area contributed by atoms with E-state index in [1.807, 2.05) is 0 Å². The van der Waals surface area contributed by atoms with Crippen molar-refractivity contribution in [1.29, 1.82) is 0 Å². The highest BCUT2D eigenvalue weighted by molar-refractivity contribution is 5.71. The van der Waals surface area contributed by atoms with Gasteiger partial charge in [-0.15, -0.1) is 0 Å². The molecule has 1 heterocycles. The molecule has 0 saturated carbocycles. The number of benzene rings is 2. The molecule has 0 saturated heterocycles. The molecule has 5 nitrogen and oxygen atoms in total. The van der Waals surface area contributed by atoms with E-state index in [2.05, 4.69) is 5.16 Å². The maximum atomic E-state index is 13.7. The minimum atomic E-state index is -0.794. The van der Waals surface area contributed by atoms with Crippen LogP contribution in [0, 0.1) is 17.5 Å². The first-order chi connectivity index (χ1) is 12.5. The predicted molar refractivity (Wildman–Crippen MR) is 83.5 cm³/mol. The fourth-order valence-corrected chi connectivity index (χ4v) is 2.07. The number of carbonyl (C=O) groups is 1. The summed E-state index contributed by atoms with van der Waals surface area (Å²) in [6.45, 7) is -0.582. The van der Waals surface area contributed by atoms with E-state index in [-0.39, 0.29) is 30.2 Å². The molecule has 8 heteroatoms. The van der Waals surface area contributed by atoms with Crippen molar-refractivity contribution in [3.8, 4) is 17.1 Å². The molecule has 0 amide bonds. The Morgan fingerprint density at radius 2 is 1.73 bits per heavy atom. The van der Waals surface area contributed by atoms with Crippen LogP contribution in [-0.2, 0) is 16.1 Å². The van der Waals surface area contributed by atoms with Gasteiger partial charge < -0.3 is 14.0 Å². The van der Waals surface area contributed by atoms with Crippen LogP contribution in [0.2, 0.25) is 0 Å². The van der Waals surface area contributed by atoms with Gasteiger partial charge in [0.2, 0.25) is 0 Å². The Labute approximate surface area is 145 Å². The SMILES string of the molecule is O=C(COc1ccc(F)cc1)OCc1cc(-c2ccc(F)cc2F)on1. The topological polar surface area (TPSA) is 61.6 Å². The average Bonchev–Trinajstić information content (AvgIpc) is 3.08. The van der Waals surface area contributed by atoms with E-state index in [1.165, 1.54) is 36.4 Å². The van der Waals surface area contributed by atoms with Crippen molar-refractivity contribution in [1.82, 2.24) is 5.16 Å². The standard InChI is InChI=1S/C18H12F3NO4/c19-11-1-4-14(5-2-11)24-10-18(23)25-9-13-8-17(26-22-13)15-6-3-12(20)7-16(15)21/h1-8H,9-10H2. The number of aromatic nitrogens is 1. The van der Waals surface area contributed by atoms with E-state index in [0.29, 0.717) is 5.75 Å². The quantitative estimate of drug-likeness (QED) is 0.622. The van der Waals surface area contributed by atoms with Crippen LogP contribution in [0.1, 0.15) is 5.69 Å². The lowest BCUT2D eigenvalue weighted by Gasteiger charge is -2.05. The lowest BCUT2D eigenvalue weighted by Crippen LogP contribution is -2.14. The maximum Gasteiger partial charge on any atom is 0.344 e. The number of hydrogen-bond donors (Lipinski definition) is 0. The van der Waals surface area contributed by atoms with Crippen molar-refractivity contribution >= 4 is 5.97 Å². The molecule has 26 heavy (non-hydrogen) atoms. The highest BCUT2D eigenvalue weighted by Crippen LogP contribution is 2.24. The van der Waals surface area contributed by atoms with Gasteiger partial charge in [0.15, 0.2) is 12.4 Å². The van der Waals surface area contributed by atoms with Crippen LogP contribution < -0.4 is 4.74 Å². The van der Waals surface area contributed by atoms with Crippen LogP contribution in [0.4, 0.5) is 13.2 Å². The lowest BCUT2D eigenvalue weighted by atomic mass is 10.1. The minimum Gasteiger partial charge on any atom is -0.482 e. The van der Waals surface area contributed by atoms with E-state index in [0.717, 1.165) is 12.1 Å². The molecule has 0 aliphatic heterocycles. The third-order valence-corrected chi connectivity index (χ3v) is 3.31. The van der Waals surface area contributed by atoms with Gasteiger partial charge in [0.1, 0.15) is 35.5 Å². The number of halogens is 3. The average molecular weight is 363 g/mol. The van der Waals surface area contributed by atoms with Gasteiger partial charge in [0.25, 0.3) is 0 Å². The summed E-state index contributed by atoms with van der Waals surface area (Å²) in [4.78, 5) is 11.6. The van der Waals surface area contributed by atoms with Gasteiger partial charge in [-0.1, -0.05) is 5.16 Å². The summed E-state index contributed by atoms with van der Waals surface area (Å²) in [5, 5.41) is 3.66. The highest BCUT2D eigenvalue weighted by atomic mass is 19.1. The predicted octanol–water partition coefficient (Wildman–Crippen LogP) is 3.88. The first-order valence-electron chi connectivity index (χ1n) is 7.46. The summed E-state index contributed by atoms with van der Waals surface area (Å²) >= 11 is 0. The summed E-state index contributed by atoms with van der Waals surface area (Å²) in [5.41, 5.74) is 0.287. The van der Waals surface area contributed by atoms with Crippen LogP contribution in [0.15, 0.2) is 53.1 Å². The number of carbonyl (C=O) groups excluding carboxylic acids is 1. The largest absolute Gasteiger partial charge is 0.482 e. The van der Waals surface area contributed by atoms with Gasteiger partial charge >= 0.3 is 5.97 Å². The molecular weight excluding hydrogens is 351 g/mol. The van der Waals surface area contributed by atoms with Gasteiger partial charge in [-0.2, -0.15) is 0 Å². The first kappa shape index (κ1) is 17.5. The van der Waals surface area contributed by atoms with Gasteiger partial charge in [-0.05, 0) is 36.4 Å². The third kappa shape index (κ3) is 4.41. The summed E-state index contributed by atoms with van der Waals surface area (Å²) in [6, 6.07) is 9.57. The van der Waals surface area contributed by atoms with Crippen LogP contribution in [0.25, 0.3) is 11.3 Å². The van der Waals surface area contributed by atoms with Gasteiger partial charge in [0, 0.05) is 12.1 Å². The van der Waals surface area contributed by atoms with Crippen molar-refractivity contribution in [2.24, 2.45) is 0 Å². The minimum absolute atomic E-state index is 0.0381. The molecule has 0 N–H and O–H groups in total. The van der Waals surface area contributed by atoms with Crippen molar-refractivity contribution < 1.29 is 32.0 Å². The molecule has 0 spiro atoms. The second-order valence-electron chi connectivity index (χ2n) is 5.21. The maximum absolute atomic E-state index is 13.7. The van der Waals surface area contributed by atoms with Gasteiger partial charge in [0.05, 0.1) is 5.56 Å². The van der Waals surface area contributed by atoms with Gasteiger partial charge in [-0.3, -0.25) is 0 Å². The lowest BCUT2D eigenvalue weighted by molar-refractivity contribution is -0.147. The van der Waals surface area contributed by atoms with Crippen LogP contribution >= 0.6 is 0 Å². The molecule has 0 bridgehead atoms. The summed E-state index contributed by atoms with van der Waals surface area (Å²) in [6.07, 6.45) is 0. The molecule has 3 aromatic rings. The molecular formula is C18H12F3NO4. The Balaban J connectivity index is 1.52. The monoisotopic (exact) mass is 363 g/mol. The number of esters is 1. The molecule has 0 aliphatic rings. The second kappa shape index (κ2) is 7.73. The normalized spacial score (nSPS) is 10.6. The van der Waals surface area contributed by atoms with E-state index in [9.17, 15) is 18.0 Å². The molecule has 0 radical (unpaired) electrons. The molecule has 0 atom stereocenters. The molecule has 0 fully saturated rings. The van der Waals surface area contributed by atoms with Gasteiger partial charge in [-0.25, -0.2) is 18.0 Å². The molecule has 3 rings (SSSR count). The van der Waals surface area contributed by atoms with Crippen molar-refractivity contribution in [2.75, 3.05) is 6.61 Å². The number of ether oxygens (including phenoxy) is 2. The molecule has 0 aliphatic carbocycles. The smallest absolute Gasteiger partial charge is 0.344 e. The molecule has 2 aromatic carbocycles. The van der Waals surface area contributed by atoms with E-state index in [4.69, 9.17) is 14.0 Å². The zero-order valence-corrected chi connectivity index (χ0v) is 13.2. The van der Waals surface area contributed by atoms with Crippen molar-refractivity contribution in [2.45, 2.75) is 6.61 Å². The fourth-order valence-electron chi connectivity index (χ4n) is 2.07. The molecule has 1 aromatic heterocycles. The Morgan fingerprint density at radius 3 is 2.46 bits per heavy atom. The summed E-state index contributed by atoms with van der Waals surface area (Å²) < 4.78 is 54.4. The Kier molecular flexibility index (Phi) is 5.21. The molecule has 134 valence electrons. The second-order valence-corrected chi connectivity index (χ2v) is 5.21. The number of rotatable bonds is 6. The van der Waals surface area contributed by atoms with Crippen LogP contribution in [0.5, 0.6) is 5.75 Å². The Hall–Kier alpha value is -3.29. The van der Waals surface area contributed by atoms with E-state index < -0.39 is 23.4 Å². The number of hydrogen-bond acceptors (Lipinski definition) is 5. The number of nitrogens with zero attached hydrogens (tertiary/aromatic N) is 1. The third-order valence-electron chi connectivity index (χ3n) is 3.31.